The standard InChI is InChI=1S/C14H21N3O.2ClH/c1-11-5-3-4-6-13(11)16-14(18)12(2)17-9-7-15-8-10-17;;/h3-6,12,15H,7-10H2,1-2H3,(H,16,18);2*1H. The van der Waals surface area contributed by atoms with Gasteiger partial charge < -0.3 is 10.6 Å². The molecule has 1 aliphatic heterocycles. The summed E-state index contributed by atoms with van der Waals surface area (Å²) < 4.78 is 0. The van der Waals surface area contributed by atoms with E-state index in [-0.39, 0.29) is 36.8 Å². The zero-order valence-corrected chi connectivity index (χ0v) is 13.5. The molecule has 2 rings (SSSR count). The predicted molar refractivity (Wildman–Crippen MR) is 88.2 cm³/mol. The second-order valence-corrected chi connectivity index (χ2v) is 4.77. The van der Waals surface area contributed by atoms with Gasteiger partial charge in [0.15, 0.2) is 0 Å². The van der Waals surface area contributed by atoms with Crippen LogP contribution in [-0.4, -0.2) is 43.0 Å². The molecular formula is C14H23Cl2N3O. The third kappa shape index (κ3) is 4.94. The monoisotopic (exact) mass is 319 g/mol. The van der Waals surface area contributed by atoms with Crippen LogP contribution in [0.4, 0.5) is 5.69 Å². The van der Waals surface area contributed by atoms with Crippen molar-refractivity contribution in [2.45, 2.75) is 19.9 Å². The van der Waals surface area contributed by atoms with Gasteiger partial charge in [-0.1, -0.05) is 18.2 Å². The van der Waals surface area contributed by atoms with Crippen LogP contribution >= 0.6 is 24.8 Å². The van der Waals surface area contributed by atoms with E-state index in [4.69, 9.17) is 0 Å². The average Bonchev–Trinajstić information content (AvgIpc) is 2.41. The summed E-state index contributed by atoms with van der Waals surface area (Å²) in [4.78, 5) is 14.4. The highest BCUT2D eigenvalue weighted by molar-refractivity contribution is 5.95. The number of halogens is 2. The molecule has 20 heavy (non-hydrogen) atoms. The Kier molecular flexibility index (Phi) is 8.81. The minimum Gasteiger partial charge on any atom is -0.324 e. The van der Waals surface area contributed by atoms with Gasteiger partial charge in [-0.2, -0.15) is 0 Å². The lowest BCUT2D eigenvalue weighted by molar-refractivity contribution is -0.120. The van der Waals surface area contributed by atoms with Gasteiger partial charge in [-0.25, -0.2) is 0 Å². The third-order valence-electron chi connectivity index (χ3n) is 3.48. The van der Waals surface area contributed by atoms with Gasteiger partial charge in [0.1, 0.15) is 0 Å². The zero-order valence-electron chi connectivity index (χ0n) is 11.9. The molecule has 2 N–H and O–H groups in total. The second kappa shape index (κ2) is 9.19. The fourth-order valence-corrected chi connectivity index (χ4v) is 2.19. The number of piperazine rings is 1. The van der Waals surface area contributed by atoms with Gasteiger partial charge in [-0.15, -0.1) is 24.8 Å². The van der Waals surface area contributed by atoms with Crippen LogP contribution < -0.4 is 10.6 Å². The van der Waals surface area contributed by atoms with E-state index in [1.165, 1.54) is 0 Å². The topological polar surface area (TPSA) is 44.4 Å². The Morgan fingerprint density at radius 3 is 2.45 bits per heavy atom. The summed E-state index contributed by atoms with van der Waals surface area (Å²) in [6.45, 7) is 7.76. The van der Waals surface area contributed by atoms with Gasteiger partial charge in [0.25, 0.3) is 0 Å². The first-order valence-electron chi connectivity index (χ1n) is 6.50. The first-order valence-corrected chi connectivity index (χ1v) is 6.50. The van der Waals surface area contributed by atoms with E-state index in [2.05, 4.69) is 15.5 Å². The summed E-state index contributed by atoms with van der Waals surface area (Å²) in [6, 6.07) is 7.79. The van der Waals surface area contributed by atoms with Crippen molar-refractivity contribution in [3.05, 3.63) is 29.8 Å². The number of nitrogens with zero attached hydrogens (tertiary/aromatic N) is 1. The molecule has 1 aromatic rings. The van der Waals surface area contributed by atoms with Gasteiger partial charge in [0.05, 0.1) is 6.04 Å². The van der Waals surface area contributed by atoms with E-state index in [0.29, 0.717) is 0 Å². The Hall–Kier alpha value is -0.810. The highest BCUT2D eigenvalue weighted by atomic mass is 35.5. The smallest absolute Gasteiger partial charge is 0.241 e. The Morgan fingerprint density at radius 2 is 1.85 bits per heavy atom. The van der Waals surface area contributed by atoms with Crippen molar-refractivity contribution in [2.24, 2.45) is 0 Å². The number of benzene rings is 1. The lowest BCUT2D eigenvalue weighted by atomic mass is 10.2. The van der Waals surface area contributed by atoms with Crippen LogP contribution in [0.25, 0.3) is 0 Å². The summed E-state index contributed by atoms with van der Waals surface area (Å²) in [5.41, 5.74) is 2.00. The number of anilines is 1. The summed E-state index contributed by atoms with van der Waals surface area (Å²) in [6.07, 6.45) is 0. The molecular weight excluding hydrogens is 297 g/mol. The van der Waals surface area contributed by atoms with Crippen molar-refractivity contribution < 1.29 is 4.79 Å². The summed E-state index contributed by atoms with van der Waals surface area (Å²) >= 11 is 0. The minimum absolute atomic E-state index is 0. The molecule has 1 heterocycles. The molecule has 1 aliphatic rings. The second-order valence-electron chi connectivity index (χ2n) is 4.77. The number of hydrogen-bond donors (Lipinski definition) is 2. The number of para-hydroxylation sites is 1. The molecule has 114 valence electrons. The van der Waals surface area contributed by atoms with Crippen LogP contribution in [0.15, 0.2) is 24.3 Å². The zero-order chi connectivity index (χ0) is 13.0. The van der Waals surface area contributed by atoms with Crippen molar-refractivity contribution in [1.82, 2.24) is 10.2 Å². The summed E-state index contributed by atoms with van der Waals surface area (Å²) in [5, 5.41) is 6.30. The number of carbonyl (C=O) groups is 1. The van der Waals surface area contributed by atoms with Gasteiger partial charge in [-0.05, 0) is 25.5 Å². The quantitative estimate of drug-likeness (QED) is 0.896. The van der Waals surface area contributed by atoms with Gasteiger partial charge in [0, 0.05) is 31.9 Å². The lowest BCUT2D eigenvalue weighted by Gasteiger charge is -2.31. The molecule has 1 saturated heterocycles. The Balaban J connectivity index is 0.00000180. The fraction of sp³-hybridized carbons (Fsp3) is 0.500. The number of nitrogens with one attached hydrogen (secondary N) is 2. The van der Waals surface area contributed by atoms with Crippen LogP contribution in [0.1, 0.15) is 12.5 Å². The summed E-state index contributed by atoms with van der Waals surface area (Å²) in [5.74, 6) is 0.0752. The maximum Gasteiger partial charge on any atom is 0.241 e. The first kappa shape index (κ1) is 19.2. The number of rotatable bonds is 3. The van der Waals surface area contributed by atoms with Gasteiger partial charge in [0.2, 0.25) is 5.91 Å². The SMILES string of the molecule is Cc1ccccc1NC(=O)C(C)N1CCNCC1.Cl.Cl. The Bertz CT molecular complexity index is 423. The van der Waals surface area contributed by atoms with E-state index in [9.17, 15) is 4.79 Å². The predicted octanol–water partition coefficient (Wildman–Crippen LogP) is 2.07. The van der Waals surface area contributed by atoms with Crippen molar-refractivity contribution >= 4 is 36.4 Å². The molecule has 4 nitrogen and oxygen atoms in total. The van der Waals surface area contributed by atoms with Crippen LogP contribution in [0.3, 0.4) is 0 Å². The Labute approximate surface area is 133 Å². The average molecular weight is 320 g/mol. The minimum atomic E-state index is -0.0771. The van der Waals surface area contributed by atoms with Crippen molar-refractivity contribution in [3.8, 4) is 0 Å². The highest BCUT2D eigenvalue weighted by Crippen LogP contribution is 2.14. The van der Waals surface area contributed by atoms with Crippen LogP contribution in [0.5, 0.6) is 0 Å². The van der Waals surface area contributed by atoms with Crippen LogP contribution in [-0.2, 0) is 4.79 Å². The van der Waals surface area contributed by atoms with Crippen molar-refractivity contribution in [2.75, 3.05) is 31.5 Å². The van der Waals surface area contributed by atoms with E-state index in [1.54, 1.807) is 0 Å². The molecule has 0 radical (unpaired) electrons. The normalized spacial score (nSPS) is 16.5. The molecule has 0 spiro atoms. The molecule has 0 aliphatic carbocycles. The van der Waals surface area contributed by atoms with E-state index in [0.717, 1.165) is 37.4 Å². The molecule has 1 atom stereocenters. The summed E-state index contributed by atoms with van der Waals surface area (Å²) in [7, 11) is 0. The lowest BCUT2D eigenvalue weighted by Crippen LogP contribution is -2.51. The maximum absolute atomic E-state index is 12.2. The first-order chi connectivity index (χ1) is 8.68. The molecule has 0 bridgehead atoms. The number of hydrogen-bond acceptors (Lipinski definition) is 3. The van der Waals surface area contributed by atoms with Crippen LogP contribution in [0, 0.1) is 6.92 Å². The van der Waals surface area contributed by atoms with Crippen molar-refractivity contribution in [1.29, 1.82) is 0 Å². The Morgan fingerprint density at radius 1 is 1.25 bits per heavy atom. The number of amides is 1. The molecule has 1 fully saturated rings. The van der Waals surface area contributed by atoms with Crippen molar-refractivity contribution in [3.63, 3.8) is 0 Å². The fourth-order valence-electron chi connectivity index (χ4n) is 2.19. The van der Waals surface area contributed by atoms with Gasteiger partial charge >= 0.3 is 0 Å². The van der Waals surface area contributed by atoms with E-state index >= 15 is 0 Å². The molecule has 6 heteroatoms. The molecule has 1 amide bonds. The number of aryl methyl sites for hydroxylation is 1. The highest BCUT2D eigenvalue weighted by Gasteiger charge is 2.22. The third-order valence-corrected chi connectivity index (χ3v) is 3.48. The molecule has 1 aromatic carbocycles. The molecule has 1 unspecified atom stereocenters. The maximum atomic E-state index is 12.2. The number of carbonyl (C=O) groups excluding carboxylic acids is 1. The van der Waals surface area contributed by atoms with Crippen LogP contribution in [0.2, 0.25) is 0 Å². The molecule has 0 aromatic heterocycles. The van der Waals surface area contributed by atoms with Gasteiger partial charge in [-0.3, -0.25) is 9.69 Å². The largest absolute Gasteiger partial charge is 0.324 e. The van der Waals surface area contributed by atoms with E-state index < -0.39 is 0 Å². The molecule has 0 saturated carbocycles. The van der Waals surface area contributed by atoms with E-state index in [1.807, 2.05) is 38.1 Å².